The zero-order valence-corrected chi connectivity index (χ0v) is 39.1. The second kappa shape index (κ2) is 18.3. The van der Waals surface area contributed by atoms with Crippen LogP contribution in [0.25, 0.3) is 87.6 Å². The summed E-state index contributed by atoms with van der Waals surface area (Å²) in [4.78, 5) is 22.7. The van der Waals surface area contributed by atoms with Crippen LogP contribution in [0.4, 0.5) is 34.1 Å². The van der Waals surface area contributed by atoms with Crippen molar-refractivity contribution in [3.8, 4) is 44.5 Å². The molecule has 0 saturated carbocycles. The van der Waals surface area contributed by atoms with Crippen molar-refractivity contribution in [2.24, 2.45) is 0 Å². The van der Waals surface area contributed by atoms with Gasteiger partial charge in [-0.05, 0) is 173 Å². The fourth-order valence-electron chi connectivity index (χ4n) is 10.3. The van der Waals surface area contributed by atoms with Crippen LogP contribution in [0.3, 0.4) is 0 Å². The Bertz CT molecular complexity index is 3730. The Labute approximate surface area is 417 Å². The summed E-state index contributed by atoms with van der Waals surface area (Å²) in [7, 11) is 0. The minimum absolute atomic E-state index is 0.937. The molecular weight excluding hydrogens is 877 g/mol. The molecule has 6 nitrogen and oxygen atoms in total. The van der Waals surface area contributed by atoms with E-state index in [0.717, 1.165) is 89.0 Å². The molecule has 13 rings (SSSR count). The van der Waals surface area contributed by atoms with Gasteiger partial charge in [0.25, 0.3) is 0 Å². The number of hydrogen-bond donors (Lipinski definition) is 0. The Morgan fingerprint density at radius 2 is 0.556 bits per heavy atom. The van der Waals surface area contributed by atoms with Crippen LogP contribution in [0.5, 0.6) is 0 Å². The molecule has 0 N–H and O–H groups in total. The van der Waals surface area contributed by atoms with Crippen molar-refractivity contribution >= 4 is 77.2 Å². The topological polar surface area (TPSA) is 58.0 Å². The molecule has 4 heterocycles. The molecule has 0 saturated heterocycles. The maximum absolute atomic E-state index is 4.56. The van der Waals surface area contributed by atoms with Gasteiger partial charge >= 0.3 is 0 Å². The fraction of sp³-hybridized carbons (Fsp3) is 0. The van der Waals surface area contributed by atoms with Crippen molar-refractivity contribution < 1.29 is 0 Å². The number of fused-ring (bicyclic) bond motifs is 4. The van der Waals surface area contributed by atoms with Crippen molar-refractivity contribution in [3.63, 3.8) is 0 Å². The predicted molar refractivity (Wildman–Crippen MR) is 299 cm³/mol. The van der Waals surface area contributed by atoms with E-state index >= 15 is 0 Å². The number of benzene rings is 9. The van der Waals surface area contributed by atoms with E-state index in [-0.39, 0.29) is 0 Å². The number of anilines is 6. The van der Waals surface area contributed by atoms with Crippen LogP contribution in [0.1, 0.15) is 0 Å². The van der Waals surface area contributed by atoms with E-state index in [1.165, 1.54) is 32.7 Å². The highest BCUT2D eigenvalue weighted by Gasteiger charge is 2.23. The Balaban J connectivity index is 1.08. The third-order valence-electron chi connectivity index (χ3n) is 13.7. The Morgan fingerprint density at radius 1 is 0.222 bits per heavy atom. The SMILES string of the molecule is c1cncc(N(c2cccnc2)c2ccc3c(-c4ccc(-c5ccc6ccccc6c5)cc4)c4cc(N(c5cccnc5)c5cccnc5)ccc4c(-c4ccc(-c5ccc6ccccc6c5)cc4)c3c2)c1. The molecule has 0 aliphatic carbocycles. The average Bonchev–Trinajstić information content (AvgIpc) is 3.46. The molecular formula is C66H44N6. The molecule has 0 bridgehead atoms. The van der Waals surface area contributed by atoms with E-state index < -0.39 is 0 Å². The lowest BCUT2D eigenvalue weighted by Gasteiger charge is -2.27. The summed E-state index contributed by atoms with van der Waals surface area (Å²) in [5.74, 6) is 0. The van der Waals surface area contributed by atoms with Crippen LogP contribution in [0, 0.1) is 0 Å². The first-order valence-corrected chi connectivity index (χ1v) is 24.1. The number of aromatic nitrogens is 4. The molecule has 13 aromatic rings. The van der Waals surface area contributed by atoms with Crippen LogP contribution < -0.4 is 9.80 Å². The first-order chi connectivity index (χ1) is 35.7. The van der Waals surface area contributed by atoms with Crippen molar-refractivity contribution in [3.05, 3.63) is 268 Å². The summed E-state index contributed by atoms with van der Waals surface area (Å²) < 4.78 is 0. The van der Waals surface area contributed by atoms with Crippen molar-refractivity contribution in [2.75, 3.05) is 9.80 Å². The van der Waals surface area contributed by atoms with Gasteiger partial charge in [0.05, 0.1) is 47.5 Å². The highest BCUT2D eigenvalue weighted by Crippen LogP contribution is 2.49. The minimum atomic E-state index is 0.937. The maximum Gasteiger partial charge on any atom is 0.0645 e. The van der Waals surface area contributed by atoms with Crippen molar-refractivity contribution in [1.29, 1.82) is 0 Å². The predicted octanol–water partition coefficient (Wildman–Crippen LogP) is 17.5. The molecule has 0 fully saturated rings. The molecule has 0 amide bonds. The summed E-state index contributed by atoms with van der Waals surface area (Å²) >= 11 is 0. The number of hydrogen-bond acceptors (Lipinski definition) is 6. The lowest BCUT2D eigenvalue weighted by molar-refractivity contribution is 1.20. The van der Waals surface area contributed by atoms with E-state index in [4.69, 9.17) is 0 Å². The monoisotopic (exact) mass is 920 g/mol. The molecule has 0 aliphatic rings. The second-order valence-corrected chi connectivity index (χ2v) is 18.0. The highest BCUT2D eigenvalue weighted by atomic mass is 15.2. The molecule has 0 unspecified atom stereocenters. The largest absolute Gasteiger partial charge is 0.307 e. The molecule has 0 aliphatic heterocycles. The van der Waals surface area contributed by atoms with Crippen molar-refractivity contribution in [2.45, 2.75) is 0 Å². The molecule has 9 aromatic carbocycles. The third-order valence-corrected chi connectivity index (χ3v) is 13.7. The molecule has 0 spiro atoms. The lowest BCUT2D eigenvalue weighted by atomic mass is 9.84. The summed E-state index contributed by atoms with van der Waals surface area (Å²) in [5, 5.41) is 9.39. The van der Waals surface area contributed by atoms with Gasteiger partial charge in [0.1, 0.15) is 0 Å². The van der Waals surface area contributed by atoms with Crippen LogP contribution in [-0.4, -0.2) is 19.9 Å². The van der Waals surface area contributed by atoms with Gasteiger partial charge in [-0.1, -0.05) is 133 Å². The minimum Gasteiger partial charge on any atom is -0.307 e. The summed E-state index contributed by atoms with van der Waals surface area (Å²) in [6.45, 7) is 0. The van der Waals surface area contributed by atoms with Gasteiger partial charge in [-0.15, -0.1) is 0 Å². The lowest BCUT2D eigenvalue weighted by Crippen LogP contribution is -2.11. The van der Waals surface area contributed by atoms with E-state index in [1.54, 1.807) is 0 Å². The fourth-order valence-corrected chi connectivity index (χ4v) is 10.3. The standard InChI is InChI=1S/C66H44N6/c1-3-11-51-37-53(27-21-45(51)9-1)47-17-23-49(24-18-47)65-61-31-29-56(72(59-15-7-35-69-43-59)60-16-8-36-70-44-60)40-64(61)66(50-25-19-48(20-26-50)54-28-22-46-10-2-4-12-52(46)38-54)62-32-30-55(39-63(62)65)71(57-13-5-33-67-41-57)58-14-6-34-68-42-58/h1-44H. The molecule has 6 heteroatoms. The smallest absolute Gasteiger partial charge is 0.0645 e. The van der Waals surface area contributed by atoms with E-state index in [9.17, 15) is 0 Å². The van der Waals surface area contributed by atoms with Gasteiger partial charge in [-0.3, -0.25) is 19.9 Å². The van der Waals surface area contributed by atoms with Gasteiger partial charge in [-0.2, -0.15) is 0 Å². The van der Waals surface area contributed by atoms with E-state index in [0.29, 0.717) is 0 Å². The molecule has 0 atom stereocenters. The van der Waals surface area contributed by atoms with Crippen molar-refractivity contribution in [1.82, 2.24) is 19.9 Å². The Hall–Kier alpha value is -9.78. The summed E-state index contributed by atoms with van der Waals surface area (Å²) in [6.07, 6.45) is 14.9. The first-order valence-electron chi connectivity index (χ1n) is 24.1. The maximum atomic E-state index is 4.56. The normalized spacial score (nSPS) is 11.3. The molecule has 338 valence electrons. The van der Waals surface area contributed by atoms with Crippen LogP contribution in [-0.2, 0) is 0 Å². The summed E-state index contributed by atoms with van der Waals surface area (Å²) in [5.41, 5.74) is 14.9. The van der Waals surface area contributed by atoms with Crippen LogP contribution >= 0.6 is 0 Å². The number of pyridine rings is 4. The molecule has 0 radical (unpaired) electrons. The average molecular weight is 921 g/mol. The number of nitrogens with zero attached hydrogens (tertiary/aromatic N) is 6. The van der Waals surface area contributed by atoms with Gasteiger partial charge in [0, 0.05) is 36.2 Å². The molecule has 4 aromatic heterocycles. The van der Waals surface area contributed by atoms with Gasteiger partial charge in [-0.25, -0.2) is 0 Å². The Kier molecular flexibility index (Phi) is 10.7. The van der Waals surface area contributed by atoms with E-state index in [1.807, 2.05) is 73.8 Å². The van der Waals surface area contributed by atoms with Gasteiger partial charge in [0.15, 0.2) is 0 Å². The summed E-state index contributed by atoms with van der Waals surface area (Å²) in [6, 6.07) is 78.8. The van der Waals surface area contributed by atoms with Gasteiger partial charge < -0.3 is 9.80 Å². The zero-order valence-electron chi connectivity index (χ0n) is 39.1. The van der Waals surface area contributed by atoms with Crippen LogP contribution in [0.2, 0.25) is 0 Å². The quantitative estimate of drug-likeness (QED) is 0.127. The first kappa shape index (κ1) is 42.3. The van der Waals surface area contributed by atoms with E-state index in [2.05, 4.69) is 224 Å². The van der Waals surface area contributed by atoms with Gasteiger partial charge in [0.2, 0.25) is 0 Å². The molecule has 72 heavy (non-hydrogen) atoms. The van der Waals surface area contributed by atoms with Crippen LogP contribution in [0.15, 0.2) is 268 Å². The Morgan fingerprint density at radius 3 is 0.903 bits per heavy atom. The number of rotatable bonds is 10. The second-order valence-electron chi connectivity index (χ2n) is 18.0. The highest BCUT2D eigenvalue weighted by molar-refractivity contribution is 6.23. The zero-order chi connectivity index (χ0) is 47.8. The third kappa shape index (κ3) is 7.83.